The van der Waals surface area contributed by atoms with Crippen molar-refractivity contribution in [3.63, 3.8) is 0 Å². The molecule has 1 amide bonds. The largest absolute Gasteiger partial charge is 0.355 e. The van der Waals surface area contributed by atoms with Crippen molar-refractivity contribution in [2.45, 2.75) is 51.9 Å². The molecule has 0 saturated heterocycles. The van der Waals surface area contributed by atoms with Crippen molar-refractivity contribution in [2.24, 2.45) is 17.8 Å². The Morgan fingerprint density at radius 3 is 2.53 bits per heavy atom. The lowest BCUT2D eigenvalue weighted by Crippen LogP contribution is -2.39. The van der Waals surface area contributed by atoms with E-state index in [1.54, 1.807) is 0 Å². The molecule has 0 bridgehead atoms. The first-order chi connectivity index (χ1) is 8.81. The maximum Gasteiger partial charge on any atom is 0.223 e. The molecule has 0 aromatic heterocycles. The zero-order chi connectivity index (χ0) is 12.8. The van der Waals surface area contributed by atoms with E-state index in [-0.39, 0.29) is 12.4 Å². The summed E-state index contributed by atoms with van der Waals surface area (Å²) in [7, 11) is 0. The van der Waals surface area contributed by atoms with Gasteiger partial charge in [-0.3, -0.25) is 4.79 Å². The van der Waals surface area contributed by atoms with Crippen LogP contribution < -0.4 is 10.6 Å². The van der Waals surface area contributed by atoms with Crippen molar-refractivity contribution in [1.29, 1.82) is 0 Å². The Hall–Kier alpha value is -0.280. The van der Waals surface area contributed by atoms with Gasteiger partial charge in [-0.1, -0.05) is 32.6 Å². The summed E-state index contributed by atoms with van der Waals surface area (Å²) in [6, 6.07) is 0. The highest BCUT2D eigenvalue weighted by molar-refractivity contribution is 5.85. The van der Waals surface area contributed by atoms with Gasteiger partial charge in [-0.2, -0.15) is 0 Å². The van der Waals surface area contributed by atoms with Gasteiger partial charge in [-0.25, -0.2) is 0 Å². The van der Waals surface area contributed by atoms with Crippen molar-refractivity contribution in [2.75, 3.05) is 19.6 Å². The standard InChI is InChI=1S/C15H28N2O.ClH/c1-2-16-9-10-17-15(18)14-8-7-12-5-3-4-6-13(12)11-14;/h12-14,16H,2-11H2,1H3,(H,17,18);1H. The van der Waals surface area contributed by atoms with E-state index < -0.39 is 0 Å². The predicted molar refractivity (Wildman–Crippen MR) is 81.6 cm³/mol. The van der Waals surface area contributed by atoms with E-state index in [0.29, 0.717) is 11.8 Å². The van der Waals surface area contributed by atoms with Crippen LogP contribution in [0.25, 0.3) is 0 Å². The summed E-state index contributed by atoms with van der Waals surface area (Å²) in [4.78, 5) is 12.1. The molecule has 0 spiro atoms. The Morgan fingerprint density at radius 2 is 1.79 bits per heavy atom. The molecular formula is C15H29ClN2O. The zero-order valence-corrected chi connectivity index (χ0v) is 12.9. The Kier molecular flexibility index (Phi) is 7.77. The van der Waals surface area contributed by atoms with Crippen LogP contribution in [0.2, 0.25) is 0 Å². The third-order valence-electron chi connectivity index (χ3n) is 4.76. The molecule has 0 aromatic carbocycles. The minimum atomic E-state index is 0. The van der Waals surface area contributed by atoms with Gasteiger partial charge < -0.3 is 10.6 Å². The van der Waals surface area contributed by atoms with Gasteiger partial charge in [0.25, 0.3) is 0 Å². The third kappa shape index (κ3) is 4.96. The summed E-state index contributed by atoms with van der Waals surface area (Å²) >= 11 is 0. The van der Waals surface area contributed by atoms with Crippen molar-refractivity contribution in [3.05, 3.63) is 0 Å². The molecule has 112 valence electrons. The van der Waals surface area contributed by atoms with E-state index in [9.17, 15) is 4.79 Å². The normalized spacial score (nSPS) is 30.1. The lowest BCUT2D eigenvalue weighted by atomic mass is 9.67. The fraction of sp³-hybridized carbons (Fsp3) is 0.933. The monoisotopic (exact) mass is 288 g/mol. The second kappa shape index (κ2) is 8.80. The van der Waals surface area contributed by atoms with Crippen molar-refractivity contribution in [1.82, 2.24) is 10.6 Å². The highest BCUT2D eigenvalue weighted by atomic mass is 35.5. The van der Waals surface area contributed by atoms with Gasteiger partial charge in [0.1, 0.15) is 0 Å². The average Bonchev–Trinajstić information content (AvgIpc) is 2.43. The Bertz CT molecular complexity index is 273. The second-order valence-electron chi connectivity index (χ2n) is 5.96. The fourth-order valence-electron chi connectivity index (χ4n) is 3.71. The predicted octanol–water partition coefficient (Wildman–Crippen LogP) is 2.74. The number of likely N-dealkylation sites (N-methyl/N-ethyl adjacent to an activating group) is 1. The van der Waals surface area contributed by atoms with Gasteiger partial charge in [-0.15, -0.1) is 12.4 Å². The number of rotatable bonds is 5. The smallest absolute Gasteiger partial charge is 0.223 e. The molecule has 0 aromatic rings. The number of fused-ring (bicyclic) bond motifs is 1. The molecule has 4 heteroatoms. The summed E-state index contributed by atoms with van der Waals surface area (Å²) < 4.78 is 0. The lowest BCUT2D eigenvalue weighted by molar-refractivity contribution is -0.127. The molecule has 3 atom stereocenters. The molecule has 2 saturated carbocycles. The number of nitrogens with one attached hydrogen (secondary N) is 2. The first-order valence-electron chi connectivity index (χ1n) is 7.79. The first kappa shape index (κ1) is 16.8. The number of carbonyl (C=O) groups is 1. The van der Waals surface area contributed by atoms with Gasteiger partial charge in [0, 0.05) is 19.0 Å². The third-order valence-corrected chi connectivity index (χ3v) is 4.76. The molecule has 2 rings (SSSR count). The average molecular weight is 289 g/mol. The van der Waals surface area contributed by atoms with Crippen LogP contribution in [0, 0.1) is 17.8 Å². The number of halogens is 1. The maximum absolute atomic E-state index is 12.1. The van der Waals surface area contributed by atoms with Gasteiger partial charge in [-0.05, 0) is 37.6 Å². The van der Waals surface area contributed by atoms with Crippen molar-refractivity contribution < 1.29 is 4.79 Å². The molecule has 0 radical (unpaired) electrons. The highest BCUT2D eigenvalue weighted by Gasteiger charge is 2.34. The van der Waals surface area contributed by atoms with Crippen LogP contribution in [0.4, 0.5) is 0 Å². The number of hydrogen-bond acceptors (Lipinski definition) is 2. The zero-order valence-electron chi connectivity index (χ0n) is 12.1. The van der Waals surface area contributed by atoms with E-state index in [1.807, 2.05) is 0 Å². The van der Waals surface area contributed by atoms with Crippen molar-refractivity contribution in [3.8, 4) is 0 Å². The summed E-state index contributed by atoms with van der Waals surface area (Å²) in [5, 5.41) is 6.32. The minimum absolute atomic E-state index is 0. The van der Waals surface area contributed by atoms with Crippen LogP contribution in [-0.4, -0.2) is 25.5 Å². The van der Waals surface area contributed by atoms with E-state index in [0.717, 1.165) is 44.3 Å². The Morgan fingerprint density at radius 1 is 1.05 bits per heavy atom. The molecule has 3 unspecified atom stereocenters. The molecule has 2 aliphatic carbocycles. The highest BCUT2D eigenvalue weighted by Crippen LogP contribution is 2.42. The quantitative estimate of drug-likeness (QED) is 0.764. The number of amides is 1. The molecule has 2 N–H and O–H groups in total. The molecule has 19 heavy (non-hydrogen) atoms. The molecule has 2 aliphatic rings. The molecule has 3 nitrogen and oxygen atoms in total. The van der Waals surface area contributed by atoms with Crippen LogP contribution in [0.1, 0.15) is 51.9 Å². The van der Waals surface area contributed by atoms with Gasteiger partial charge in [0.05, 0.1) is 0 Å². The summed E-state index contributed by atoms with van der Waals surface area (Å²) in [6.07, 6.45) is 9.14. The van der Waals surface area contributed by atoms with E-state index in [2.05, 4.69) is 17.6 Å². The summed E-state index contributed by atoms with van der Waals surface area (Å²) in [5.74, 6) is 2.38. The second-order valence-corrected chi connectivity index (χ2v) is 5.96. The van der Waals surface area contributed by atoms with E-state index in [4.69, 9.17) is 0 Å². The maximum atomic E-state index is 12.1. The topological polar surface area (TPSA) is 41.1 Å². The SMILES string of the molecule is CCNCCNC(=O)C1CCC2CCCCC2C1.Cl. The van der Waals surface area contributed by atoms with Crippen LogP contribution in [0.5, 0.6) is 0 Å². The van der Waals surface area contributed by atoms with Crippen LogP contribution >= 0.6 is 12.4 Å². The van der Waals surface area contributed by atoms with Crippen LogP contribution in [0.15, 0.2) is 0 Å². The summed E-state index contributed by atoms with van der Waals surface area (Å²) in [5.41, 5.74) is 0. The Balaban J connectivity index is 0.00000180. The number of carbonyl (C=O) groups excluding carboxylic acids is 1. The molecule has 0 aliphatic heterocycles. The van der Waals surface area contributed by atoms with Gasteiger partial charge in [0.2, 0.25) is 5.91 Å². The van der Waals surface area contributed by atoms with Crippen LogP contribution in [0.3, 0.4) is 0 Å². The van der Waals surface area contributed by atoms with Gasteiger partial charge in [0.15, 0.2) is 0 Å². The first-order valence-corrected chi connectivity index (χ1v) is 7.79. The van der Waals surface area contributed by atoms with Gasteiger partial charge >= 0.3 is 0 Å². The lowest BCUT2D eigenvalue weighted by Gasteiger charge is -2.38. The summed E-state index contributed by atoms with van der Waals surface area (Å²) in [6.45, 7) is 4.73. The molecular weight excluding hydrogens is 260 g/mol. The Labute approximate surface area is 123 Å². The van der Waals surface area contributed by atoms with E-state index in [1.165, 1.54) is 32.1 Å². The molecule has 0 heterocycles. The minimum Gasteiger partial charge on any atom is -0.355 e. The fourth-order valence-corrected chi connectivity index (χ4v) is 3.71. The van der Waals surface area contributed by atoms with Crippen LogP contribution in [-0.2, 0) is 4.79 Å². The van der Waals surface area contributed by atoms with Crippen molar-refractivity contribution >= 4 is 18.3 Å². The molecule has 2 fully saturated rings. The number of hydrogen-bond donors (Lipinski definition) is 2. The van der Waals surface area contributed by atoms with E-state index >= 15 is 0 Å².